The van der Waals surface area contributed by atoms with Gasteiger partial charge in [-0.25, -0.2) is 4.79 Å². The van der Waals surface area contributed by atoms with Crippen molar-refractivity contribution in [3.8, 4) is 11.1 Å². The van der Waals surface area contributed by atoms with E-state index in [1.54, 1.807) is 11.0 Å². The van der Waals surface area contributed by atoms with Gasteiger partial charge in [0.1, 0.15) is 6.29 Å². The van der Waals surface area contributed by atoms with Crippen LogP contribution in [0.4, 0.5) is 11.4 Å². The Labute approximate surface area is 237 Å². The van der Waals surface area contributed by atoms with Crippen molar-refractivity contribution in [2.24, 2.45) is 5.92 Å². The molecule has 4 rings (SSSR count). The third-order valence-electron chi connectivity index (χ3n) is 7.12. The highest BCUT2D eigenvalue weighted by molar-refractivity contribution is 5.88. The van der Waals surface area contributed by atoms with Crippen molar-refractivity contribution in [2.45, 2.75) is 38.3 Å². The minimum absolute atomic E-state index is 0.406. The average molecular weight is 542 g/mol. The number of nitrogens with one attached hydrogen (secondary N) is 2. The Morgan fingerprint density at radius 2 is 1.75 bits per heavy atom. The number of benzene rings is 3. The maximum atomic E-state index is 11.3. The summed E-state index contributed by atoms with van der Waals surface area (Å²) >= 11 is 0. The highest BCUT2D eigenvalue weighted by atomic mass is 16.5. The number of carbonyl (C=O) groups excluding carboxylic acids is 2. The molecule has 3 aromatic carbocycles. The minimum Gasteiger partial charge on any atom is -0.466 e. The number of carbonyl (C=O) groups is 2. The van der Waals surface area contributed by atoms with Crippen LogP contribution in [0.3, 0.4) is 0 Å². The Hall–Kier alpha value is -4.23. The van der Waals surface area contributed by atoms with E-state index in [2.05, 4.69) is 10.1 Å². The van der Waals surface area contributed by atoms with Crippen LogP contribution in [-0.4, -0.2) is 44.8 Å². The molecule has 0 saturated heterocycles. The summed E-state index contributed by atoms with van der Waals surface area (Å²) in [6.45, 7) is 0. The normalized spacial score (nSPS) is 14.0. The predicted octanol–water partition coefficient (Wildman–Crippen LogP) is 6.47. The van der Waals surface area contributed by atoms with Crippen molar-refractivity contribution >= 4 is 35.9 Å². The number of aliphatic hydroxyl groups excluding tert-OH is 1. The van der Waals surface area contributed by atoms with E-state index in [0.717, 1.165) is 58.3 Å². The second-order valence-corrected chi connectivity index (χ2v) is 9.79. The van der Waals surface area contributed by atoms with E-state index in [0.29, 0.717) is 5.92 Å². The van der Waals surface area contributed by atoms with Crippen LogP contribution in [0.2, 0.25) is 0 Å². The number of hydrogen-bond donors (Lipinski definition) is 3. The molecule has 210 valence electrons. The van der Waals surface area contributed by atoms with Crippen LogP contribution in [-0.2, 0) is 14.3 Å². The third kappa shape index (κ3) is 8.38. The summed E-state index contributed by atoms with van der Waals surface area (Å²) in [5.74, 6) is -0.0130. The standard InChI is InChI=1S/C26H27N3O3.C7H12O/c1-28-24-13-12-21(16-22(24)17-27)19-8-10-20(11-9-19)26(31)29(2)23-6-4-5-18(15-23)7-14-25(30)32-3;8-6-7-4-2-1-3-5-7/h4-17,26-28,31H,1-3H3;6-7H,1-5H2/b14-7+,27-17?;. The van der Waals surface area contributed by atoms with Gasteiger partial charge < -0.3 is 30.3 Å². The van der Waals surface area contributed by atoms with Gasteiger partial charge in [-0.05, 0) is 59.9 Å². The van der Waals surface area contributed by atoms with E-state index >= 15 is 0 Å². The van der Waals surface area contributed by atoms with Crippen molar-refractivity contribution in [3.63, 3.8) is 0 Å². The maximum Gasteiger partial charge on any atom is 0.330 e. The fraction of sp³-hybridized carbons (Fsp3) is 0.303. The fourth-order valence-electron chi connectivity index (χ4n) is 4.65. The number of hydrogen-bond acceptors (Lipinski definition) is 7. The Bertz CT molecular complexity index is 1300. The smallest absolute Gasteiger partial charge is 0.330 e. The molecular weight excluding hydrogens is 502 g/mol. The number of nitrogens with zero attached hydrogens (tertiary/aromatic N) is 1. The number of aldehydes is 1. The lowest BCUT2D eigenvalue weighted by Gasteiger charge is -2.26. The predicted molar refractivity (Wildman–Crippen MR) is 163 cm³/mol. The van der Waals surface area contributed by atoms with Crippen LogP contribution >= 0.6 is 0 Å². The first-order valence-electron chi connectivity index (χ1n) is 13.5. The molecule has 40 heavy (non-hydrogen) atoms. The largest absolute Gasteiger partial charge is 0.466 e. The molecule has 7 nitrogen and oxygen atoms in total. The Balaban J connectivity index is 0.000000472. The van der Waals surface area contributed by atoms with Crippen molar-refractivity contribution in [1.82, 2.24) is 0 Å². The first-order chi connectivity index (χ1) is 19.4. The van der Waals surface area contributed by atoms with Crippen LogP contribution < -0.4 is 10.2 Å². The summed E-state index contributed by atoms with van der Waals surface area (Å²) in [5, 5.41) is 21.6. The molecule has 0 aromatic heterocycles. The molecule has 7 heteroatoms. The Morgan fingerprint density at radius 1 is 1.05 bits per heavy atom. The Kier molecular flexibility index (Phi) is 11.7. The molecule has 0 spiro atoms. The molecule has 0 amide bonds. The van der Waals surface area contributed by atoms with Gasteiger partial charge in [0, 0.05) is 54.8 Å². The van der Waals surface area contributed by atoms with Gasteiger partial charge in [-0.15, -0.1) is 0 Å². The first-order valence-corrected chi connectivity index (χ1v) is 13.5. The number of anilines is 2. The molecule has 1 unspecified atom stereocenters. The van der Waals surface area contributed by atoms with Gasteiger partial charge in [0.25, 0.3) is 0 Å². The average Bonchev–Trinajstić information content (AvgIpc) is 3.03. The fourth-order valence-corrected chi connectivity index (χ4v) is 4.65. The lowest BCUT2D eigenvalue weighted by Crippen LogP contribution is -2.23. The van der Waals surface area contributed by atoms with Gasteiger partial charge in [-0.3, -0.25) is 0 Å². The van der Waals surface area contributed by atoms with E-state index in [1.807, 2.05) is 80.8 Å². The van der Waals surface area contributed by atoms with E-state index in [9.17, 15) is 14.7 Å². The molecule has 1 aliphatic carbocycles. The molecule has 3 aromatic rings. The van der Waals surface area contributed by atoms with Gasteiger partial charge in [0.2, 0.25) is 0 Å². The minimum atomic E-state index is -0.840. The zero-order valence-electron chi connectivity index (χ0n) is 23.5. The first kappa shape index (κ1) is 30.3. The Morgan fingerprint density at radius 3 is 2.35 bits per heavy atom. The molecule has 3 N–H and O–H groups in total. The zero-order chi connectivity index (χ0) is 28.9. The molecule has 0 aliphatic heterocycles. The highest BCUT2D eigenvalue weighted by Gasteiger charge is 2.15. The van der Waals surface area contributed by atoms with Crippen molar-refractivity contribution < 1.29 is 19.4 Å². The van der Waals surface area contributed by atoms with Crippen LogP contribution in [0.15, 0.2) is 72.8 Å². The summed E-state index contributed by atoms with van der Waals surface area (Å²) in [6.07, 6.45) is 10.8. The summed E-state index contributed by atoms with van der Waals surface area (Å²) in [5.41, 5.74) is 6.12. The SMILES string of the molecule is CNc1ccc(-c2ccc(C(O)N(C)c3cccc(/C=C/C(=O)OC)c3)cc2)cc1C=N.O=CC1CCCCC1. The van der Waals surface area contributed by atoms with Crippen LogP contribution in [0.5, 0.6) is 0 Å². The second kappa shape index (κ2) is 15.4. The topological polar surface area (TPSA) is 103 Å². The van der Waals surface area contributed by atoms with Gasteiger partial charge >= 0.3 is 5.97 Å². The number of ether oxygens (including phenoxy) is 1. The highest BCUT2D eigenvalue weighted by Crippen LogP contribution is 2.29. The maximum absolute atomic E-state index is 11.3. The monoisotopic (exact) mass is 541 g/mol. The molecule has 0 radical (unpaired) electrons. The van der Waals surface area contributed by atoms with Crippen LogP contribution in [0.1, 0.15) is 55.0 Å². The van der Waals surface area contributed by atoms with Crippen molar-refractivity contribution in [3.05, 3.63) is 89.5 Å². The lowest BCUT2D eigenvalue weighted by atomic mass is 9.91. The molecule has 1 saturated carbocycles. The third-order valence-corrected chi connectivity index (χ3v) is 7.12. The van der Waals surface area contributed by atoms with Crippen LogP contribution in [0.25, 0.3) is 17.2 Å². The molecule has 0 bridgehead atoms. The van der Waals surface area contributed by atoms with E-state index in [-0.39, 0.29) is 0 Å². The summed E-state index contributed by atoms with van der Waals surface area (Å²) < 4.78 is 4.62. The van der Waals surface area contributed by atoms with E-state index < -0.39 is 12.2 Å². The summed E-state index contributed by atoms with van der Waals surface area (Å²) in [7, 11) is 4.98. The quantitative estimate of drug-likeness (QED) is 0.0943. The van der Waals surface area contributed by atoms with Gasteiger partial charge in [-0.2, -0.15) is 0 Å². The molecule has 1 aliphatic rings. The summed E-state index contributed by atoms with van der Waals surface area (Å²) in [6, 6.07) is 21.2. The van der Waals surface area contributed by atoms with Crippen molar-refractivity contribution in [2.75, 3.05) is 31.4 Å². The molecule has 0 heterocycles. The molecule has 1 fully saturated rings. The van der Waals surface area contributed by atoms with E-state index in [4.69, 9.17) is 5.41 Å². The number of aliphatic hydroxyl groups is 1. The molecular formula is C33H39N3O4. The summed E-state index contributed by atoms with van der Waals surface area (Å²) in [4.78, 5) is 23.2. The van der Waals surface area contributed by atoms with Crippen molar-refractivity contribution in [1.29, 1.82) is 5.41 Å². The second-order valence-electron chi connectivity index (χ2n) is 9.79. The van der Waals surface area contributed by atoms with Gasteiger partial charge in [0.05, 0.1) is 7.11 Å². The van der Waals surface area contributed by atoms with E-state index in [1.165, 1.54) is 38.7 Å². The van der Waals surface area contributed by atoms with Gasteiger partial charge in [-0.1, -0.05) is 61.7 Å². The van der Waals surface area contributed by atoms with Gasteiger partial charge in [0.15, 0.2) is 6.23 Å². The number of methoxy groups -OCH3 is 1. The number of rotatable bonds is 9. The molecule has 1 atom stereocenters. The number of esters is 1. The zero-order valence-corrected chi connectivity index (χ0v) is 23.5. The lowest BCUT2D eigenvalue weighted by molar-refractivity contribution is -0.134. The van der Waals surface area contributed by atoms with Crippen LogP contribution in [0, 0.1) is 11.3 Å².